The molecule has 1 atom stereocenters. The smallest absolute Gasteiger partial charge is 0.229 e. The van der Waals surface area contributed by atoms with E-state index in [0.29, 0.717) is 32.5 Å². The zero-order valence-corrected chi connectivity index (χ0v) is 19.1. The largest absolute Gasteiger partial charge is 0.326 e. The van der Waals surface area contributed by atoms with E-state index in [1.54, 1.807) is 61.5 Å². The summed E-state index contributed by atoms with van der Waals surface area (Å²) in [5, 5.41) is 3.57. The number of amides is 2. The fraction of sp³-hybridized carbons (Fsp3) is 0.208. The number of aromatic nitrogens is 1. The van der Waals surface area contributed by atoms with Crippen LogP contribution in [0.25, 0.3) is 0 Å². The number of carbonyl (C=O) groups excluding carboxylic acids is 2. The molecule has 1 N–H and O–H groups in total. The van der Waals surface area contributed by atoms with Gasteiger partial charge in [-0.05, 0) is 36.2 Å². The molecule has 1 heterocycles. The second-order valence-corrected chi connectivity index (χ2v) is 7.93. The average Bonchev–Trinajstić information content (AvgIpc) is 2.76. The van der Waals surface area contributed by atoms with E-state index >= 15 is 0 Å². The maximum Gasteiger partial charge on any atom is 0.229 e. The van der Waals surface area contributed by atoms with Gasteiger partial charge >= 0.3 is 0 Å². The molecular formula is C24H22Cl2FN3O2. The molecule has 0 saturated heterocycles. The molecule has 1 aromatic heterocycles. The van der Waals surface area contributed by atoms with E-state index in [1.165, 1.54) is 18.0 Å². The predicted molar refractivity (Wildman–Crippen MR) is 126 cm³/mol. The SMILES string of the molecule is CCC(F)c1ccccc1N(C(C)=O)c1cc(NC(=O)Cc2c(Cl)cccc2Cl)ccn1. The molecule has 1 unspecified atom stereocenters. The second-order valence-electron chi connectivity index (χ2n) is 7.12. The number of nitrogens with one attached hydrogen (secondary N) is 1. The molecule has 0 bridgehead atoms. The van der Waals surface area contributed by atoms with Crippen LogP contribution in [0.15, 0.2) is 60.8 Å². The van der Waals surface area contributed by atoms with Crippen LogP contribution in [0, 0.1) is 0 Å². The first kappa shape index (κ1) is 23.7. The minimum atomic E-state index is -1.23. The van der Waals surface area contributed by atoms with Crippen molar-refractivity contribution in [3.63, 3.8) is 0 Å². The summed E-state index contributed by atoms with van der Waals surface area (Å²) < 4.78 is 14.6. The standard InChI is InChI=1S/C24H22Cl2FN3O2/c1-3-21(27)17-7-4-5-10-22(17)30(15(2)31)23-13-16(11-12-28-23)29-24(32)14-18-19(25)8-6-9-20(18)26/h4-13,21H,3,14H2,1-2H3,(H,28,29,32). The number of benzene rings is 2. The lowest BCUT2D eigenvalue weighted by molar-refractivity contribution is -0.116. The third kappa shape index (κ3) is 5.44. The molecule has 2 amide bonds. The second kappa shape index (κ2) is 10.6. The van der Waals surface area contributed by atoms with Crippen LogP contribution in [0.4, 0.5) is 21.6 Å². The molecule has 3 aromatic rings. The number of hydrogen-bond donors (Lipinski definition) is 1. The summed E-state index contributed by atoms with van der Waals surface area (Å²) in [6.07, 6.45) is 0.502. The van der Waals surface area contributed by atoms with Crippen molar-refractivity contribution in [1.82, 2.24) is 4.98 Å². The van der Waals surface area contributed by atoms with Gasteiger partial charge in [-0.1, -0.05) is 54.4 Å². The van der Waals surface area contributed by atoms with Gasteiger partial charge < -0.3 is 5.32 Å². The number of carbonyl (C=O) groups is 2. The monoisotopic (exact) mass is 473 g/mol. The Morgan fingerprint density at radius 2 is 1.78 bits per heavy atom. The van der Waals surface area contributed by atoms with Gasteiger partial charge in [0, 0.05) is 40.5 Å². The van der Waals surface area contributed by atoms with Crippen molar-refractivity contribution in [1.29, 1.82) is 0 Å². The molecule has 32 heavy (non-hydrogen) atoms. The molecule has 0 radical (unpaired) electrons. The topological polar surface area (TPSA) is 62.3 Å². The molecular weight excluding hydrogens is 452 g/mol. The summed E-state index contributed by atoms with van der Waals surface area (Å²) in [7, 11) is 0. The number of halogens is 3. The van der Waals surface area contributed by atoms with E-state index in [-0.39, 0.29) is 30.5 Å². The van der Waals surface area contributed by atoms with Gasteiger partial charge in [-0.15, -0.1) is 0 Å². The molecule has 5 nitrogen and oxygen atoms in total. The summed E-state index contributed by atoms with van der Waals surface area (Å²) in [6, 6.07) is 15.0. The number of alkyl halides is 1. The third-order valence-corrected chi connectivity index (χ3v) is 5.55. The van der Waals surface area contributed by atoms with Crippen molar-refractivity contribution >= 4 is 52.2 Å². The van der Waals surface area contributed by atoms with Crippen LogP contribution in [0.5, 0.6) is 0 Å². The predicted octanol–water partition coefficient (Wildman–Crippen LogP) is 6.67. The highest BCUT2D eigenvalue weighted by atomic mass is 35.5. The average molecular weight is 474 g/mol. The molecule has 0 aliphatic carbocycles. The molecule has 0 saturated carbocycles. The Morgan fingerprint density at radius 3 is 2.44 bits per heavy atom. The number of para-hydroxylation sites is 1. The van der Waals surface area contributed by atoms with Gasteiger partial charge in [-0.2, -0.15) is 0 Å². The normalized spacial score (nSPS) is 11.7. The third-order valence-electron chi connectivity index (χ3n) is 4.85. The Balaban J connectivity index is 1.89. The van der Waals surface area contributed by atoms with Gasteiger partial charge in [0.15, 0.2) is 0 Å². The molecule has 8 heteroatoms. The van der Waals surface area contributed by atoms with E-state index in [9.17, 15) is 14.0 Å². The highest BCUT2D eigenvalue weighted by Crippen LogP contribution is 2.35. The van der Waals surface area contributed by atoms with Crippen molar-refractivity contribution in [2.24, 2.45) is 0 Å². The van der Waals surface area contributed by atoms with Crippen LogP contribution in [0.1, 0.15) is 37.6 Å². The van der Waals surface area contributed by atoms with Gasteiger partial charge in [0.05, 0.1) is 12.1 Å². The number of pyridine rings is 1. The van der Waals surface area contributed by atoms with Crippen molar-refractivity contribution < 1.29 is 14.0 Å². The van der Waals surface area contributed by atoms with Crippen LogP contribution in [-0.2, 0) is 16.0 Å². The zero-order valence-electron chi connectivity index (χ0n) is 17.6. The fourth-order valence-corrected chi connectivity index (χ4v) is 3.85. The van der Waals surface area contributed by atoms with E-state index in [0.717, 1.165) is 0 Å². The summed E-state index contributed by atoms with van der Waals surface area (Å²) in [4.78, 5) is 30.7. The summed E-state index contributed by atoms with van der Waals surface area (Å²) in [5.41, 5.74) is 1.76. The first-order valence-electron chi connectivity index (χ1n) is 10.0. The lowest BCUT2D eigenvalue weighted by atomic mass is 10.0. The Hall–Kier alpha value is -2.96. The zero-order chi connectivity index (χ0) is 23.3. The summed E-state index contributed by atoms with van der Waals surface area (Å²) >= 11 is 12.3. The Bertz CT molecular complexity index is 1120. The van der Waals surface area contributed by atoms with Gasteiger partial charge in [0.25, 0.3) is 0 Å². The lowest BCUT2D eigenvalue weighted by Gasteiger charge is -2.24. The quantitative estimate of drug-likeness (QED) is 0.416. The number of hydrogen-bond acceptors (Lipinski definition) is 3. The van der Waals surface area contributed by atoms with Crippen LogP contribution in [0.2, 0.25) is 10.0 Å². The Kier molecular flexibility index (Phi) is 7.83. The van der Waals surface area contributed by atoms with E-state index in [1.807, 2.05) is 0 Å². The number of anilines is 3. The number of rotatable bonds is 7. The molecule has 166 valence electrons. The maximum absolute atomic E-state index is 14.6. The fourth-order valence-electron chi connectivity index (χ4n) is 3.32. The molecule has 2 aromatic carbocycles. The molecule has 3 rings (SSSR count). The maximum atomic E-state index is 14.6. The van der Waals surface area contributed by atoms with E-state index in [4.69, 9.17) is 23.2 Å². The summed E-state index contributed by atoms with van der Waals surface area (Å²) in [5.74, 6) is -0.400. The van der Waals surface area contributed by atoms with Gasteiger partial charge in [0.2, 0.25) is 11.8 Å². The molecule has 0 aliphatic rings. The van der Waals surface area contributed by atoms with Crippen LogP contribution in [0.3, 0.4) is 0 Å². The van der Waals surface area contributed by atoms with Gasteiger partial charge in [-0.3, -0.25) is 14.5 Å². The van der Waals surface area contributed by atoms with Crippen molar-refractivity contribution in [3.8, 4) is 0 Å². The van der Waals surface area contributed by atoms with Gasteiger partial charge in [-0.25, -0.2) is 9.37 Å². The van der Waals surface area contributed by atoms with Crippen molar-refractivity contribution in [2.75, 3.05) is 10.2 Å². The molecule has 0 aliphatic heterocycles. The minimum absolute atomic E-state index is 0.0184. The van der Waals surface area contributed by atoms with Gasteiger partial charge in [0.1, 0.15) is 12.0 Å². The number of nitrogens with zero attached hydrogens (tertiary/aromatic N) is 2. The molecule has 0 spiro atoms. The minimum Gasteiger partial charge on any atom is -0.326 e. The highest BCUT2D eigenvalue weighted by molar-refractivity contribution is 6.36. The Labute approximate surface area is 196 Å². The first-order chi connectivity index (χ1) is 15.3. The lowest BCUT2D eigenvalue weighted by Crippen LogP contribution is -2.25. The molecule has 0 fully saturated rings. The van der Waals surface area contributed by atoms with Crippen molar-refractivity contribution in [2.45, 2.75) is 32.9 Å². The van der Waals surface area contributed by atoms with Crippen molar-refractivity contribution in [3.05, 3.63) is 82.0 Å². The van der Waals surface area contributed by atoms with E-state index in [2.05, 4.69) is 10.3 Å². The van der Waals surface area contributed by atoms with Crippen LogP contribution in [-0.4, -0.2) is 16.8 Å². The van der Waals surface area contributed by atoms with E-state index < -0.39 is 6.17 Å². The van der Waals surface area contributed by atoms with Crippen LogP contribution < -0.4 is 10.2 Å². The first-order valence-corrected chi connectivity index (χ1v) is 10.8. The summed E-state index contributed by atoms with van der Waals surface area (Å²) in [6.45, 7) is 3.11. The highest BCUT2D eigenvalue weighted by Gasteiger charge is 2.22. The Morgan fingerprint density at radius 1 is 1.09 bits per heavy atom. The van der Waals surface area contributed by atoms with Crippen LogP contribution >= 0.6 is 23.2 Å².